The van der Waals surface area contributed by atoms with Gasteiger partial charge in [0, 0.05) is 11.1 Å². The Morgan fingerprint density at radius 2 is 0.722 bits per heavy atom. The fourth-order valence-corrected chi connectivity index (χ4v) is 1.89. The SMILES string of the molecule is Cc1c(O)c(O)c2c(O)c(C)c(O)c(O)c2c1O. The first-order chi connectivity index (χ1) is 8.29. The van der Waals surface area contributed by atoms with Gasteiger partial charge < -0.3 is 30.6 Å². The molecule has 0 aliphatic carbocycles. The molecule has 0 amide bonds. The number of phenols is 6. The Hall–Kier alpha value is -2.50. The first kappa shape index (κ1) is 12.0. The second-order valence-electron chi connectivity index (χ2n) is 4.09. The number of hydrogen-bond donors (Lipinski definition) is 6. The average Bonchev–Trinajstić information content (AvgIpc) is 2.35. The molecule has 0 bridgehead atoms. The highest BCUT2D eigenvalue weighted by atomic mass is 16.3. The molecule has 0 spiro atoms. The number of aromatic hydroxyl groups is 6. The van der Waals surface area contributed by atoms with Gasteiger partial charge in [0.1, 0.15) is 11.5 Å². The standard InChI is InChI=1S/C12H12O6/c1-3-7(13)5-6(11(17)9(3)15)8(14)4(2)10(16)12(5)18/h13-18H,1-2H3. The Labute approximate surface area is 102 Å². The van der Waals surface area contributed by atoms with Gasteiger partial charge in [-0.2, -0.15) is 0 Å². The zero-order valence-electron chi connectivity index (χ0n) is 9.68. The van der Waals surface area contributed by atoms with Crippen LogP contribution in [0.5, 0.6) is 34.5 Å². The van der Waals surface area contributed by atoms with Crippen LogP contribution in [0.3, 0.4) is 0 Å². The molecule has 2 rings (SSSR count). The summed E-state index contributed by atoms with van der Waals surface area (Å²) in [5.41, 5.74) is -0.143. The molecule has 0 unspecified atom stereocenters. The normalized spacial score (nSPS) is 11.0. The van der Waals surface area contributed by atoms with E-state index in [1.807, 2.05) is 0 Å². The van der Waals surface area contributed by atoms with Crippen LogP contribution < -0.4 is 0 Å². The summed E-state index contributed by atoms with van der Waals surface area (Å²) < 4.78 is 0. The van der Waals surface area contributed by atoms with Crippen LogP contribution >= 0.6 is 0 Å². The maximum atomic E-state index is 9.83. The number of benzene rings is 2. The van der Waals surface area contributed by atoms with Crippen LogP contribution in [-0.2, 0) is 0 Å². The van der Waals surface area contributed by atoms with E-state index in [9.17, 15) is 30.6 Å². The van der Waals surface area contributed by atoms with Gasteiger partial charge in [-0.1, -0.05) is 0 Å². The molecule has 0 saturated heterocycles. The van der Waals surface area contributed by atoms with Gasteiger partial charge in [0.05, 0.1) is 10.8 Å². The third-order valence-corrected chi connectivity index (χ3v) is 3.07. The van der Waals surface area contributed by atoms with Crippen molar-refractivity contribution >= 4 is 10.8 Å². The van der Waals surface area contributed by atoms with Crippen LogP contribution in [0.1, 0.15) is 11.1 Å². The van der Waals surface area contributed by atoms with E-state index in [1.54, 1.807) is 0 Å². The van der Waals surface area contributed by atoms with Crippen molar-refractivity contribution in [3.8, 4) is 34.5 Å². The van der Waals surface area contributed by atoms with Gasteiger partial charge in [-0.3, -0.25) is 0 Å². The van der Waals surface area contributed by atoms with Gasteiger partial charge in [-0.25, -0.2) is 0 Å². The van der Waals surface area contributed by atoms with Crippen molar-refractivity contribution in [2.24, 2.45) is 0 Å². The van der Waals surface area contributed by atoms with Crippen LogP contribution in [-0.4, -0.2) is 30.6 Å². The van der Waals surface area contributed by atoms with E-state index < -0.39 is 34.5 Å². The average molecular weight is 252 g/mol. The highest BCUT2D eigenvalue weighted by Crippen LogP contribution is 2.54. The van der Waals surface area contributed by atoms with E-state index in [1.165, 1.54) is 13.8 Å². The minimum Gasteiger partial charge on any atom is -0.507 e. The van der Waals surface area contributed by atoms with Crippen LogP contribution in [0.2, 0.25) is 0 Å². The Morgan fingerprint density at radius 1 is 0.444 bits per heavy atom. The Bertz CT molecular complexity index is 562. The molecule has 0 aliphatic heterocycles. The van der Waals surface area contributed by atoms with Crippen molar-refractivity contribution in [2.45, 2.75) is 13.8 Å². The van der Waals surface area contributed by atoms with E-state index in [0.29, 0.717) is 0 Å². The largest absolute Gasteiger partial charge is 0.507 e. The lowest BCUT2D eigenvalue weighted by molar-refractivity contribution is 0.384. The summed E-state index contributed by atoms with van der Waals surface area (Å²) in [6, 6.07) is 0. The molecule has 2 aromatic carbocycles. The summed E-state index contributed by atoms with van der Waals surface area (Å²) in [4.78, 5) is 0. The third kappa shape index (κ3) is 1.22. The Morgan fingerprint density at radius 3 is 1.00 bits per heavy atom. The summed E-state index contributed by atoms with van der Waals surface area (Å²) in [7, 11) is 0. The van der Waals surface area contributed by atoms with Gasteiger partial charge in [-0.05, 0) is 13.8 Å². The predicted octanol–water partition coefficient (Wildman–Crippen LogP) is 1.69. The number of phenolic OH excluding ortho intramolecular Hbond substituents is 6. The number of fused-ring (bicyclic) bond motifs is 1. The van der Waals surface area contributed by atoms with E-state index in [4.69, 9.17) is 0 Å². The van der Waals surface area contributed by atoms with Crippen LogP contribution in [0, 0.1) is 13.8 Å². The third-order valence-electron chi connectivity index (χ3n) is 3.07. The summed E-state index contributed by atoms with van der Waals surface area (Å²) >= 11 is 0. The van der Waals surface area contributed by atoms with Crippen molar-refractivity contribution < 1.29 is 30.6 Å². The number of rotatable bonds is 0. The highest BCUT2D eigenvalue weighted by Gasteiger charge is 2.25. The number of hydrogen-bond acceptors (Lipinski definition) is 6. The van der Waals surface area contributed by atoms with Crippen molar-refractivity contribution in [3.05, 3.63) is 11.1 Å². The zero-order chi connectivity index (χ0) is 13.8. The lowest BCUT2D eigenvalue weighted by Gasteiger charge is -2.15. The molecular formula is C12H12O6. The molecule has 0 atom stereocenters. The minimum absolute atomic E-state index is 0.0713. The molecule has 2 aromatic rings. The quantitative estimate of drug-likeness (QED) is 0.313. The Kier molecular flexibility index (Phi) is 2.32. The summed E-state index contributed by atoms with van der Waals surface area (Å²) in [6.07, 6.45) is 0. The fourth-order valence-electron chi connectivity index (χ4n) is 1.89. The monoisotopic (exact) mass is 252 g/mol. The van der Waals surface area contributed by atoms with E-state index in [2.05, 4.69) is 0 Å². The fraction of sp³-hybridized carbons (Fsp3) is 0.167. The van der Waals surface area contributed by atoms with Crippen LogP contribution in [0.15, 0.2) is 0 Å². The van der Waals surface area contributed by atoms with Crippen molar-refractivity contribution in [3.63, 3.8) is 0 Å². The van der Waals surface area contributed by atoms with Gasteiger partial charge in [0.2, 0.25) is 0 Å². The lowest BCUT2D eigenvalue weighted by Crippen LogP contribution is -1.88. The van der Waals surface area contributed by atoms with Crippen LogP contribution in [0.4, 0.5) is 0 Å². The Balaban J connectivity index is 3.22. The van der Waals surface area contributed by atoms with E-state index in [0.717, 1.165) is 0 Å². The van der Waals surface area contributed by atoms with Gasteiger partial charge in [0.15, 0.2) is 23.0 Å². The van der Waals surface area contributed by atoms with E-state index >= 15 is 0 Å². The second kappa shape index (κ2) is 3.49. The zero-order valence-corrected chi connectivity index (χ0v) is 9.68. The van der Waals surface area contributed by atoms with Gasteiger partial charge in [-0.15, -0.1) is 0 Å². The molecule has 0 aliphatic rings. The first-order valence-electron chi connectivity index (χ1n) is 5.09. The van der Waals surface area contributed by atoms with Crippen molar-refractivity contribution in [1.82, 2.24) is 0 Å². The molecule has 96 valence electrons. The maximum absolute atomic E-state index is 9.83. The molecule has 0 aromatic heterocycles. The highest BCUT2D eigenvalue weighted by molar-refractivity contribution is 6.06. The molecule has 0 heterocycles. The van der Waals surface area contributed by atoms with Crippen LogP contribution in [0.25, 0.3) is 10.8 Å². The van der Waals surface area contributed by atoms with Gasteiger partial charge >= 0.3 is 0 Å². The van der Waals surface area contributed by atoms with Crippen molar-refractivity contribution in [1.29, 1.82) is 0 Å². The molecule has 0 saturated carbocycles. The van der Waals surface area contributed by atoms with E-state index in [-0.39, 0.29) is 21.9 Å². The second-order valence-corrected chi connectivity index (χ2v) is 4.09. The molecule has 6 heteroatoms. The molecular weight excluding hydrogens is 240 g/mol. The molecule has 0 fully saturated rings. The molecule has 6 N–H and O–H groups in total. The lowest BCUT2D eigenvalue weighted by atomic mass is 9.98. The molecule has 6 nitrogen and oxygen atoms in total. The smallest absolute Gasteiger partial charge is 0.169 e. The summed E-state index contributed by atoms with van der Waals surface area (Å²) in [5, 5.41) is 57.8. The topological polar surface area (TPSA) is 121 Å². The predicted molar refractivity (Wildman–Crippen MR) is 63.4 cm³/mol. The maximum Gasteiger partial charge on any atom is 0.169 e. The minimum atomic E-state index is -0.670. The molecule has 0 radical (unpaired) electrons. The first-order valence-corrected chi connectivity index (χ1v) is 5.09. The molecule has 18 heavy (non-hydrogen) atoms. The van der Waals surface area contributed by atoms with Gasteiger partial charge in [0.25, 0.3) is 0 Å². The summed E-state index contributed by atoms with van der Waals surface area (Å²) in [6.45, 7) is 2.63. The summed E-state index contributed by atoms with van der Waals surface area (Å²) in [5.74, 6) is -3.58. The van der Waals surface area contributed by atoms with Crippen molar-refractivity contribution in [2.75, 3.05) is 0 Å².